The van der Waals surface area contributed by atoms with Gasteiger partial charge < -0.3 is 15.1 Å². The van der Waals surface area contributed by atoms with Gasteiger partial charge in [-0.25, -0.2) is 0 Å². The first-order valence-electron chi connectivity index (χ1n) is 6.44. The number of aromatic nitrogens is 2. The maximum absolute atomic E-state index is 5.55. The first-order valence-corrected chi connectivity index (χ1v) is 7.23. The zero-order valence-electron chi connectivity index (χ0n) is 12.1. The number of anilines is 2. The van der Waals surface area contributed by atoms with E-state index in [9.17, 15) is 0 Å². The normalized spacial score (nSPS) is 11.7. The van der Waals surface area contributed by atoms with Crippen LogP contribution in [0, 0.1) is 6.92 Å². The summed E-state index contributed by atoms with van der Waals surface area (Å²) < 4.78 is 6.62. The fourth-order valence-electron chi connectivity index (χ4n) is 1.56. The van der Waals surface area contributed by atoms with Gasteiger partial charge in [0, 0.05) is 15.7 Å². The smallest absolute Gasteiger partial charge is 0.320 e. The molecular formula is C14H19BrN4O. The molecule has 0 saturated heterocycles. The standard InChI is InChI=1S/C14H19BrN4O/c1-9-7-10(5-6-11(9)15)17-13-19-18-12(20-13)8-16-14(2,3)4/h5-7,16H,8H2,1-4H3,(H,17,19). The second kappa shape index (κ2) is 5.93. The second-order valence-corrected chi connectivity index (χ2v) is 6.55. The van der Waals surface area contributed by atoms with E-state index in [1.165, 1.54) is 0 Å². The van der Waals surface area contributed by atoms with E-state index < -0.39 is 0 Å². The van der Waals surface area contributed by atoms with Gasteiger partial charge in [0.25, 0.3) is 0 Å². The van der Waals surface area contributed by atoms with Gasteiger partial charge in [-0.2, -0.15) is 0 Å². The van der Waals surface area contributed by atoms with Crippen molar-refractivity contribution in [2.24, 2.45) is 0 Å². The molecule has 1 aromatic heterocycles. The van der Waals surface area contributed by atoms with Gasteiger partial charge in [-0.05, 0) is 51.5 Å². The van der Waals surface area contributed by atoms with Gasteiger partial charge in [0.2, 0.25) is 5.89 Å². The highest BCUT2D eigenvalue weighted by atomic mass is 79.9. The molecular weight excluding hydrogens is 320 g/mol. The predicted octanol–water partition coefficient (Wildman–Crippen LogP) is 3.77. The summed E-state index contributed by atoms with van der Waals surface area (Å²) >= 11 is 3.47. The van der Waals surface area contributed by atoms with Crippen LogP contribution in [-0.4, -0.2) is 15.7 Å². The fraction of sp³-hybridized carbons (Fsp3) is 0.429. The summed E-state index contributed by atoms with van der Waals surface area (Å²) in [7, 11) is 0. The maximum atomic E-state index is 5.55. The Kier molecular flexibility index (Phi) is 4.45. The van der Waals surface area contributed by atoms with Crippen LogP contribution in [0.25, 0.3) is 0 Å². The van der Waals surface area contributed by atoms with Crippen molar-refractivity contribution < 1.29 is 4.42 Å². The van der Waals surface area contributed by atoms with E-state index in [2.05, 4.69) is 57.5 Å². The van der Waals surface area contributed by atoms with Crippen LogP contribution in [-0.2, 0) is 6.54 Å². The Morgan fingerprint density at radius 3 is 2.65 bits per heavy atom. The second-order valence-electron chi connectivity index (χ2n) is 5.69. The number of nitrogens with one attached hydrogen (secondary N) is 2. The van der Waals surface area contributed by atoms with E-state index in [4.69, 9.17) is 4.42 Å². The van der Waals surface area contributed by atoms with E-state index in [1.807, 2.05) is 25.1 Å². The van der Waals surface area contributed by atoms with Crippen LogP contribution < -0.4 is 10.6 Å². The minimum absolute atomic E-state index is 0.0187. The highest BCUT2D eigenvalue weighted by Gasteiger charge is 2.12. The summed E-state index contributed by atoms with van der Waals surface area (Å²) in [5.41, 5.74) is 2.08. The van der Waals surface area contributed by atoms with Crippen LogP contribution in [0.4, 0.5) is 11.7 Å². The lowest BCUT2D eigenvalue weighted by molar-refractivity contribution is 0.384. The molecule has 0 saturated carbocycles. The van der Waals surface area contributed by atoms with Crippen LogP contribution in [0.1, 0.15) is 32.2 Å². The van der Waals surface area contributed by atoms with Gasteiger partial charge in [-0.15, -0.1) is 5.10 Å². The molecule has 0 radical (unpaired) electrons. The van der Waals surface area contributed by atoms with Crippen LogP contribution in [0.5, 0.6) is 0 Å². The number of aryl methyl sites for hydroxylation is 1. The molecule has 0 amide bonds. The average molecular weight is 339 g/mol. The Morgan fingerprint density at radius 2 is 2.00 bits per heavy atom. The molecule has 0 aliphatic carbocycles. The molecule has 0 atom stereocenters. The molecule has 6 heteroatoms. The van der Waals surface area contributed by atoms with Gasteiger partial charge in [-0.3, -0.25) is 0 Å². The summed E-state index contributed by atoms with van der Waals surface area (Å²) in [6.07, 6.45) is 0. The Balaban J connectivity index is 2.00. The lowest BCUT2D eigenvalue weighted by Gasteiger charge is -2.18. The van der Waals surface area contributed by atoms with Gasteiger partial charge in [-0.1, -0.05) is 21.0 Å². The molecule has 20 heavy (non-hydrogen) atoms. The van der Waals surface area contributed by atoms with E-state index in [0.717, 1.165) is 15.7 Å². The van der Waals surface area contributed by atoms with Gasteiger partial charge in [0.05, 0.1) is 6.54 Å². The van der Waals surface area contributed by atoms with Crippen LogP contribution in [0.15, 0.2) is 27.1 Å². The topological polar surface area (TPSA) is 63.0 Å². The first kappa shape index (κ1) is 15.0. The Morgan fingerprint density at radius 1 is 1.25 bits per heavy atom. The van der Waals surface area contributed by atoms with Crippen molar-refractivity contribution in [3.63, 3.8) is 0 Å². The van der Waals surface area contributed by atoms with Crippen molar-refractivity contribution in [1.82, 2.24) is 15.5 Å². The molecule has 0 fully saturated rings. The molecule has 1 aromatic carbocycles. The molecule has 0 spiro atoms. The van der Waals surface area contributed by atoms with Crippen molar-refractivity contribution in [2.75, 3.05) is 5.32 Å². The van der Waals surface area contributed by atoms with Gasteiger partial charge in [0.15, 0.2) is 0 Å². The third-order valence-electron chi connectivity index (χ3n) is 2.65. The summed E-state index contributed by atoms with van der Waals surface area (Å²) in [5, 5.41) is 14.4. The Bertz CT molecular complexity index is 589. The highest BCUT2D eigenvalue weighted by molar-refractivity contribution is 9.10. The maximum Gasteiger partial charge on any atom is 0.320 e. The zero-order valence-corrected chi connectivity index (χ0v) is 13.7. The number of hydrogen-bond donors (Lipinski definition) is 2. The quantitative estimate of drug-likeness (QED) is 0.888. The van der Waals surface area contributed by atoms with E-state index in [-0.39, 0.29) is 5.54 Å². The molecule has 0 aliphatic heterocycles. The number of nitrogens with zero attached hydrogens (tertiary/aromatic N) is 2. The first-order chi connectivity index (χ1) is 9.33. The molecule has 1 heterocycles. The lowest BCUT2D eigenvalue weighted by Crippen LogP contribution is -2.35. The van der Waals surface area contributed by atoms with E-state index in [1.54, 1.807) is 0 Å². The van der Waals surface area contributed by atoms with Crippen molar-refractivity contribution in [2.45, 2.75) is 39.8 Å². The van der Waals surface area contributed by atoms with Crippen LogP contribution in [0.2, 0.25) is 0 Å². The number of rotatable bonds is 4. The SMILES string of the molecule is Cc1cc(Nc2nnc(CNC(C)(C)C)o2)ccc1Br. The molecule has 0 bridgehead atoms. The number of halogens is 1. The van der Waals surface area contributed by atoms with E-state index in [0.29, 0.717) is 18.5 Å². The summed E-state index contributed by atoms with van der Waals surface area (Å²) in [6, 6.07) is 6.35. The largest absolute Gasteiger partial charge is 0.406 e. The van der Waals surface area contributed by atoms with E-state index >= 15 is 0 Å². The monoisotopic (exact) mass is 338 g/mol. The summed E-state index contributed by atoms with van der Waals surface area (Å²) in [4.78, 5) is 0. The molecule has 0 aliphatic rings. The third-order valence-corrected chi connectivity index (χ3v) is 3.54. The number of hydrogen-bond acceptors (Lipinski definition) is 5. The minimum atomic E-state index is 0.0187. The third kappa shape index (κ3) is 4.31. The Hall–Kier alpha value is -1.40. The highest BCUT2D eigenvalue weighted by Crippen LogP contribution is 2.22. The van der Waals surface area contributed by atoms with Crippen LogP contribution >= 0.6 is 15.9 Å². The summed E-state index contributed by atoms with van der Waals surface area (Å²) in [6.45, 7) is 8.85. The van der Waals surface area contributed by atoms with Crippen molar-refractivity contribution in [1.29, 1.82) is 0 Å². The van der Waals surface area contributed by atoms with Crippen molar-refractivity contribution in [3.8, 4) is 0 Å². The zero-order chi connectivity index (χ0) is 14.8. The van der Waals surface area contributed by atoms with Gasteiger partial charge in [0.1, 0.15) is 0 Å². The summed E-state index contributed by atoms with van der Waals surface area (Å²) in [5.74, 6) is 0.566. The van der Waals surface area contributed by atoms with Crippen LogP contribution in [0.3, 0.4) is 0 Å². The predicted molar refractivity (Wildman–Crippen MR) is 83.1 cm³/mol. The minimum Gasteiger partial charge on any atom is -0.406 e. The molecule has 2 N–H and O–H groups in total. The molecule has 108 valence electrons. The van der Waals surface area contributed by atoms with Gasteiger partial charge >= 0.3 is 6.01 Å². The molecule has 5 nitrogen and oxygen atoms in total. The molecule has 0 unspecified atom stereocenters. The Labute approximate surface area is 127 Å². The van der Waals surface area contributed by atoms with Crippen molar-refractivity contribution >= 4 is 27.6 Å². The average Bonchev–Trinajstić information content (AvgIpc) is 2.78. The molecule has 2 rings (SSSR count). The van der Waals surface area contributed by atoms with Crippen molar-refractivity contribution in [3.05, 3.63) is 34.1 Å². The number of benzene rings is 1. The fourth-order valence-corrected chi connectivity index (χ4v) is 1.81. The lowest BCUT2D eigenvalue weighted by atomic mass is 10.1. The molecule has 2 aromatic rings.